The number of hydrogen-bond acceptors (Lipinski definition) is 6. The minimum atomic E-state index is -0.448. The third kappa shape index (κ3) is 5.57. The first-order chi connectivity index (χ1) is 16.4. The molecule has 0 atom stereocenters. The number of methoxy groups -OCH3 is 1. The number of imide groups is 1. The molecule has 4 rings (SSSR count). The summed E-state index contributed by atoms with van der Waals surface area (Å²) >= 11 is 3.01. The summed E-state index contributed by atoms with van der Waals surface area (Å²) in [4.78, 5) is 40.7. The number of likely N-dealkylation sites (tertiary alicyclic amines) is 1. The molecular weight excluding hydrogens is 567 g/mol. The maximum atomic E-state index is 12.8. The van der Waals surface area contributed by atoms with Crippen LogP contribution in [-0.2, 0) is 16.2 Å². The van der Waals surface area contributed by atoms with E-state index in [0.717, 1.165) is 38.6 Å². The fourth-order valence-corrected chi connectivity index (χ4v) is 5.41. The number of carbonyl (C=O) groups is 3. The van der Waals surface area contributed by atoms with Crippen LogP contribution in [-0.4, -0.2) is 53.6 Å². The normalized spacial score (nSPS) is 17.1. The van der Waals surface area contributed by atoms with Gasteiger partial charge in [0.15, 0.2) is 11.5 Å². The van der Waals surface area contributed by atoms with Gasteiger partial charge in [0.25, 0.3) is 11.1 Å². The lowest BCUT2D eigenvalue weighted by molar-refractivity contribution is -0.135. The zero-order valence-electron chi connectivity index (χ0n) is 19.0. The lowest BCUT2D eigenvalue weighted by Gasteiger charge is -2.18. The second kappa shape index (κ2) is 10.8. The maximum absolute atomic E-state index is 12.8. The maximum Gasteiger partial charge on any atom is 0.294 e. The first kappa shape index (κ1) is 24.6. The third-order valence-electron chi connectivity index (χ3n) is 5.68. The molecular formula is C25H25IN2O5S. The van der Waals surface area contributed by atoms with Gasteiger partial charge in [-0.05, 0) is 83.5 Å². The molecule has 0 unspecified atom stereocenters. The van der Waals surface area contributed by atoms with Crippen molar-refractivity contribution in [3.05, 3.63) is 61.6 Å². The average molecular weight is 592 g/mol. The van der Waals surface area contributed by atoms with E-state index in [1.807, 2.05) is 37.3 Å². The number of benzene rings is 2. The van der Waals surface area contributed by atoms with Crippen molar-refractivity contribution < 1.29 is 23.9 Å². The van der Waals surface area contributed by atoms with E-state index in [9.17, 15) is 14.4 Å². The molecule has 9 heteroatoms. The highest BCUT2D eigenvalue weighted by Crippen LogP contribution is 2.37. The van der Waals surface area contributed by atoms with Crippen molar-refractivity contribution in [1.82, 2.24) is 9.80 Å². The molecule has 0 aromatic heterocycles. The van der Waals surface area contributed by atoms with Gasteiger partial charge in [0.05, 0.1) is 15.6 Å². The van der Waals surface area contributed by atoms with E-state index in [1.54, 1.807) is 24.2 Å². The predicted molar refractivity (Wildman–Crippen MR) is 140 cm³/mol. The SMILES string of the molecule is COc1cc(/C=C2\SC(=O)N(CC(=O)N3CCCC3)C2=O)cc(I)c1OCc1ccc(C)cc1. The second-order valence-electron chi connectivity index (χ2n) is 8.16. The topological polar surface area (TPSA) is 76.2 Å². The number of aryl methyl sites for hydroxylation is 1. The zero-order valence-corrected chi connectivity index (χ0v) is 22.0. The van der Waals surface area contributed by atoms with Gasteiger partial charge in [0, 0.05) is 13.1 Å². The molecule has 7 nitrogen and oxygen atoms in total. The number of thioether (sulfide) groups is 1. The van der Waals surface area contributed by atoms with E-state index in [0.29, 0.717) is 36.8 Å². The van der Waals surface area contributed by atoms with Gasteiger partial charge in [-0.1, -0.05) is 29.8 Å². The van der Waals surface area contributed by atoms with Crippen molar-refractivity contribution >= 4 is 57.5 Å². The molecule has 178 valence electrons. The standard InChI is InChI=1S/C25H25IN2O5S/c1-16-5-7-17(8-6-16)15-33-23-19(26)11-18(12-20(23)32-2)13-21-24(30)28(25(31)34-21)14-22(29)27-9-3-4-10-27/h5-8,11-13H,3-4,9-10,14-15H2,1-2H3/b21-13-. The van der Waals surface area contributed by atoms with Crippen LogP contribution in [0.1, 0.15) is 29.5 Å². The summed E-state index contributed by atoms with van der Waals surface area (Å²) in [7, 11) is 1.56. The Morgan fingerprint density at radius 3 is 2.53 bits per heavy atom. The van der Waals surface area contributed by atoms with Crippen molar-refractivity contribution in [2.24, 2.45) is 0 Å². The Balaban J connectivity index is 1.49. The number of ether oxygens (including phenoxy) is 2. The number of rotatable bonds is 7. The van der Waals surface area contributed by atoms with E-state index >= 15 is 0 Å². The van der Waals surface area contributed by atoms with Crippen LogP contribution < -0.4 is 9.47 Å². The quantitative estimate of drug-likeness (QED) is 0.338. The molecule has 2 fully saturated rings. The van der Waals surface area contributed by atoms with Gasteiger partial charge in [-0.15, -0.1) is 0 Å². The molecule has 2 aromatic rings. The van der Waals surface area contributed by atoms with Crippen LogP contribution in [0.2, 0.25) is 0 Å². The fraction of sp³-hybridized carbons (Fsp3) is 0.320. The Bertz CT molecular complexity index is 1140. The molecule has 0 saturated carbocycles. The van der Waals surface area contributed by atoms with Crippen LogP contribution in [0.25, 0.3) is 6.08 Å². The largest absolute Gasteiger partial charge is 0.493 e. The van der Waals surface area contributed by atoms with Crippen LogP contribution in [0.5, 0.6) is 11.5 Å². The summed E-state index contributed by atoms with van der Waals surface area (Å²) in [6, 6.07) is 11.8. The Labute approximate surface area is 216 Å². The van der Waals surface area contributed by atoms with Crippen molar-refractivity contribution in [1.29, 1.82) is 0 Å². The van der Waals surface area contributed by atoms with Crippen LogP contribution in [0.3, 0.4) is 0 Å². The first-order valence-corrected chi connectivity index (χ1v) is 12.8. The van der Waals surface area contributed by atoms with E-state index in [-0.39, 0.29) is 17.4 Å². The molecule has 2 aliphatic heterocycles. The molecule has 3 amide bonds. The zero-order chi connectivity index (χ0) is 24.2. The highest BCUT2D eigenvalue weighted by molar-refractivity contribution is 14.1. The first-order valence-electron chi connectivity index (χ1n) is 10.9. The molecule has 0 N–H and O–H groups in total. The highest BCUT2D eigenvalue weighted by atomic mass is 127. The second-order valence-corrected chi connectivity index (χ2v) is 10.3. The Morgan fingerprint density at radius 1 is 1.15 bits per heavy atom. The van der Waals surface area contributed by atoms with Gasteiger partial charge >= 0.3 is 0 Å². The minimum absolute atomic E-state index is 0.188. The minimum Gasteiger partial charge on any atom is -0.493 e. The van der Waals surface area contributed by atoms with Crippen LogP contribution in [0.15, 0.2) is 41.3 Å². The summed E-state index contributed by atoms with van der Waals surface area (Å²) in [6.45, 7) is 3.59. The number of halogens is 1. The molecule has 0 radical (unpaired) electrons. The van der Waals surface area contributed by atoms with Crippen LogP contribution >= 0.6 is 34.4 Å². The summed E-state index contributed by atoms with van der Waals surface area (Å²) in [5.74, 6) is 0.516. The summed E-state index contributed by atoms with van der Waals surface area (Å²) in [6.07, 6.45) is 3.57. The van der Waals surface area contributed by atoms with E-state index in [4.69, 9.17) is 9.47 Å². The van der Waals surface area contributed by atoms with Crippen molar-refractivity contribution in [3.8, 4) is 11.5 Å². The van der Waals surface area contributed by atoms with Crippen molar-refractivity contribution in [2.75, 3.05) is 26.7 Å². The molecule has 2 aliphatic rings. The monoisotopic (exact) mass is 592 g/mol. The van der Waals surface area contributed by atoms with E-state index in [2.05, 4.69) is 22.6 Å². The van der Waals surface area contributed by atoms with Gasteiger partial charge in [0.1, 0.15) is 13.2 Å². The molecule has 2 saturated heterocycles. The van der Waals surface area contributed by atoms with Gasteiger partial charge < -0.3 is 14.4 Å². The number of hydrogen-bond donors (Lipinski definition) is 0. The van der Waals surface area contributed by atoms with E-state index < -0.39 is 11.1 Å². The smallest absolute Gasteiger partial charge is 0.294 e. The lowest BCUT2D eigenvalue weighted by atomic mass is 10.1. The predicted octanol–water partition coefficient (Wildman–Crippen LogP) is 4.85. The van der Waals surface area contributed by atoms with E-state index in [1.165, 1.54) is 5.56 Å². The molecule has 2 heterocycles. The number of carbonyl (C=O) groups excluding carboxylic acids is 3. The highest BCUT2D eigenvalue weighted by Gasteiger charge is 2.37. The van der Waals surface area contributed by atoms with Gasteiger partial charge in [-0.25, -0.2) is 0 Å². The van der Waals surface area contributed by atoms with Crippen LogP contribution in [0, 0.1) is 10.5 Å². The van der Waals surface area contributed by atoms with Gasteiger partial charge in [-0.3, -0.25) is 19.3 Å². The lowest BCUT2D eigenvalue weighted by Crippen LogP contribution is -2.40. The van der Waals surface area contributed by atoms with Gasteiger partial charge in [-0.2, -0.15) is 0 Å². The van der Waals surface area contributed by atoms with Crippen LogP contribution in [0.4, 0.5) is 4.79 Å². The summed E-state index contributed by atoms with van der Waals surface area (Å²) < 4.78 is 12.4. The number of amides is 3. The molecule has 0 bridgehead atoms. The Hall–Kier alpha value is -2.53. The van der Waals surface area contributed by atoms with Crippen molar-refractivity contribution in [3.63, 3.8) is 0 Å². The molecule has 2 aromatic carbocycles. The number of nitrogens with zero attached hydrogens (tertiary/aromatic N) is 2. The third-order valence-corrected chi connectivity index (χ3v) is 7.39. The Morgan fingerprint density at radius 2 is 1.85 bits per heavy atom. The summed E-state index contributed by atoms with van der Waals surface area (Å²) in [5.41, 5.74) is 2.94. The summed E-state index contributed by atoms with van der Waals surface area (Å²) in [5, 5.41) is -0.427. The van der Waals surface area contributed by atoms with Gasteiger partial charge in [0.2, 0.25) is 5.91 Å². The molecule has 0 aliphatic carbocycles. The average Bonchev–Trinajstić information content (AvgIpc) is 3.44. The molecule has 0 spiro atoms. The molecule has 34 heavy (non-hydrogen) atoms. The van der Waals surface area contributed by atoms with Crippen molar-refractivity contribution in [2.45, 2.75) is 26.4 Å². The Kier molecular flexibility index (Phi) is 7.82. The fourth-order valence-electron chi connectivity index (χ4n) is 3.79.